The zero-order valence-corrected chi connectivity index (χ0v) is 41.3. The summed E-state index contributed by atoms with van der Waals surface area (Å²) in [4.78, 5) is 49.3. The first-order chi connectivity index (χ1) is 35.0. The summed E-state index contributed by atoms with van der Waals surface area (Å²) in [6, 6.07) is 30.6. The molecule has 0 unspecified atom stereocenters. The van der Waals surface area contributed by atoms with Gasteiger partial charge in [-0.2, -0.15) is 0 Å². The van der Waals surface area contributed by atoms with Gasteiger partial charge in [-0.15, -0.1) is 0 Å². The largest absolute Gasteiger partial charge is 0.494 e. The summed E-state index contributed by atoms with van der Waals surface area (Å²) < 4.78 is 56.5. The SMILES string of the molecule is CCCCOc1ccc(/C=C/C(=O)O[C@@H]2CO[C@H]3[C@@H]2OC[C@@H]3OC(=O)/C=C/c2ccc(C)cc2)cc1.CCCCOc1ccc(/C=C/C(=O)O[C@@H]2CO[C@H]3[C@@H]2OC[C@H]3OC(=O)/C=C/c2ccc(C)cc2)cc1. The summed E-state index contributed by atoms with van der Waals surface area (Å²) in [6.07, 6.45) is 12.4. The minimum atomic E-state index is -0.562. The Hall–Kier alpha value is -6.84. The van der Waals surface area contributed by atoms with Crippen molar-refractivity contribution in [1.82, 2.24) is 0 Å². The van der Waals surface area contributed by atoms with Crippen molar-refractivity contribution in [2.75, 3.05) is 39.6 Å². The number of esters is 4. The Kier molecular flexibility index (Phi) is 19.9. The molecule has 8 rings (SSSR count). The van der Waals surface area contributed by atoms with Crippen molar-refractivity contribution < 1.29 is 66.5 Å². The number of hydrogen-bond acceptors (Lipinski definition) is 14. The Bertz CT molecular complexity index is 2320. The zero-order chi connectivity index (χ0) is 50.7. The van der Waals surface area contributed by atoms with Gasteiger partial charge in [-0.05, 0) is 97.5 Å². The molecule has 0 N–H and O–H groups in total. The Morgan fingerprint density at radius 2 is 0.667 bits per heavy atom. The maximum atomic E-state index is 12.4. The monoisotopic (exact) mass is 984 g/mol. The van der Waals surface area contributed by atoms with Gasteiger partial charge in [0.25, 0.3) is 0 Å². The summed E-state index contributed by atoms with van der Waals surface area (Å²) in [6.45, 7) is 10.4. The second kappa shape index (κ2) is 27.1. The molecule has 0 aliphatic carbocycles. The molecular weight excluding hydrogens is 921 g/mol. The molecule has 4 heterocycles. The van der Waals surface area contributed by atoms with Crippen LogP contribution in [0.4, 0.5) is 0 Å². The van der Waals surface area contributed by atoms with Crippen LogP contribution in [0.5, 0.6) is 11.5 Å². The summed E-state index contributed by atoms with van der Waals surface area (Å²) >= 11 is 0. The van der Waals surface area contributed by atoms with Crippen molar-refractivity contribution in [3.8, 4) is 11.5 Å². The van der Waals surface area contributed by atoms with E-state index < -0.39 is 72.7 Å². The lowest BCUT2D eigenvalue weighted by Crippen LogP contribution is -2.35. The Morgan fingerprint density at radius 1 is 0.417 bits per heavy atom. The highest BCUT2D eigenvalue weighted by atomic mass is 16.7. The van der Waals surface area contributed by atoms with Crippen molar-refractivity contribution in [3.05, 3.63) is 155 Å². The summed E-state index contributed by atoms with van der Waals surface area (Å²) in [5.74, 6) is -0.319. The topological polar surface area (TPSA) is 161 Å². The lowest BCUT2D eigenvalue weighted by atomic mass is 10.1. The number of unbranched alkanes of at least 4 members (excludes halogenated alkanes) is 2. The van der Waals surface area contributed by atoms with Crippen molar-refractivity contribution >= 4 is 48.2 Å². The second-order valence-electron chi connectivity index (χ2n) is 17.8. The second-order valence-corrected chi connectivity index (χ2v) is 17.8. The van der Waals surface area contributed by atoms with E-state index in [1.165, 1.54) is 24.3 Å². The van der Waals surface area contributed by atoms with E-state index in [9.17, 15) is 19.2 Å². The van der Waals surface area contributed by atoms with Crippen LogP contribution < -0.4 is 9.47 Å². The van der Waals surface area contributed by atoms with Crippen LogP contribution in [-0.2, 0) is 57.1 Å². The molecule has 4 aliphatic rings. The molecule has 0 spiro atoms. The average Bonchev–Trinajstić information content (AvgIpc) is 4.19. The van der Waals surface area contributed by atoms with Gasteiger partial charge in [-0.3, -0.25) is 0 Å². The minimum Gasteiger partial charge on any atom is -0.494 e. The predicted molar refractivity (Wildman–Crippen MR) is 271 cm³/mol. The van der Waals surface area contributed by atoms with Crippen LogP contribution in [0.15, 0.2) is 121 Å². The van der Waals surface area contributed by atoms with Crippen LogP contribution in [-0.4, -0.2) is 112 Å². The van der Waals surface area contributed by atoms with Crippen molar-refractivity contribution in [3.63, 3.8) is 0 Å². The highest BCUT2D eigenvalue weighted by Gasteiger charge is 2.52. The van der Waals surface area contributed by atoms with E-state index in [0.717, 1.165) is 70.6 Å². The maximum absolute atomic E-state index is 12.4. The van der Waals surface area contributed by atoms with Gasteiger partial charge in [0, 0.05) is 24.3 Å². The Morgan fingerprint density at radius 3 is 0.917 bits per heavy atom. The quantitative estimate of drug-likeness (QED) is 0.0357. The maximum Gasteiger partial charge on any atom is 0.331 e. The van der Waals surface area contributed by atoms with Crippen molar-refractivity contribution in [2.45, 2.75) is 102 Å². The van der Waals surface area contributed by atoms with E-state index in [2.05, 4.69) is 13.8 Å². The van der Waals surface area contributed by atoms with Gasteiger partial charge in [0.1, 0.15) is 35.9 Å². The molecule has 14 nitrogen and oxygen atoms in total. The standard InChI is InChI=1S/2C29H32O7/c2*1-3-4-17-32-23-13-9-22(10-14-23)12-16-27(31)36-25-19-34-28-24(18-33-29(25)28)35-26(30)15-11-21-7-5-20(2)6-8-21/h2*5-16,24-25,28-29H,3-4,17-19H2,1-2H3/b2*15-11+,16-12+/t24-,25+,28+,29+;24-,25-,28-,29-/m01/s1. The van der Waals surface area contributed by atoms with Gasteiger partial charge < -0.3 is 47.4 Å². The third-order valence-electron chi connectivity index (χ3n) is 12.1. The number of ether oxygens (including phenoxy) is 10. The summed E-state index contributed by atoms with van der Waals surface area (Å²) in [5, 5.41) is 0. The number of aryl methyl sites for hydroxylation is 2. The van der Waals surface area contributed by atoms with Gasteiger partial charge in [-0.1, -0.05) is 111 Å². The first-order valence-electron chi connectivity index (χ1n) is 24.6. The molecule has 4 saturated heterocycles. The Balaban J connectivity index is 0.000000211. The normalized spacial score (nSPS) is 23.2. The molecule has 4 aromatic rings. The third-order valence-corrected chi connectivity index (χ3v) is 12.1. The summed E-state index contributed by atoms with van der Waals surface area (Å²) in [5.41, 5.74) is 5.83. The minimum absolute atomic E-state index is 0.186. The molecule has 72 heavy (non-hydrogen) atoms. The molecule has 14 heteroatoms. The van der Waals surface area contributed by atoms with E-state index >= 15 is 0 Å². The van der Waals surface area contributed by atoms with Crippen LogP contribution in [0.1, 0.15) is 72.9 Å². The molecular formula is C58H64O14. The third kappa shape index (κ3) is 16.1. The number of fused-ring (bicyclic) bond motifs is 2. The van der Waals surface area contributed by atoms with Crippen LogP contribution >= 0.6 is 0 Å². The van der Waals surface area contributed by atoms with Gasteiger partial charge in [0.15, 0.2) is 24.4 Å². The lowest BCUT2D eigenvalue weighted by molar-refractivity contribution is -0.150. The number of carbonyl (C=O) groups is 4. The van der Waals surface area contributed by atoms with Crippen LogP contribution in [0.25, 0.3) is 24.3 Å². The van der Waals surface area contributed by atoms with Crippen LogP contribution in [0.2, 0.25) is 0 Å². The fourth-order valence-electron chi connectivity index (χ4n) is 8.05. The fourth-order valence-corrected chi connectivity index (χ4v) is 8.05. The van der Waals surface area contributed by atoms with E-state index in [1.807, 2.05) is 111 Å². The number of carbonyl (C=O) groups excluding carboxylic acids is 4. The van der Waals surface area contributed by atoms with E-state index in [4.69, 9.17) is 47.4 Å². The molecule has 0 saturated carbocycles. The van der Waals surface area contributed by atoms with Crippen molar-refractivity contribution in [2.24, 2.45) is 0 Å². The smallest absolute Gasteiger partial charge is 0.331 e. The number of benzene rings is 4. The zero-order valence-electron chi connectivity index (χ0n) is 41.3. The summed E-state index contributed by atoms with van der Waals surface area (Å²) in [7, 11) is 0. The molecule has 0 amide bonds. The van der Waals surface area contributed by atoms with Gasteiger partial charge >= 0.3 is 23.9 Å². The van der Waals surface area contributed by atoms with Gasteiger partial charge in [-0.25, -0.2) is 19.2 Å². The Labute approximate surface area is 421 Å². The molecule has 380 valence electrons. The molecule has 4 aliphatic heterocycles. The molecule has 0 radical (unpaired) electrons. The average molecular weight is 985 g/mol. The number of rotatable bonds is 20. The predicted octanol–water partition coefficient (Wildman–Crippen LogP) is 9.04. The first-order valence-corrected chi connectivity index (χ1v) is 24.6. The van der Waals surface area contributed by atoms with Gasteiger partial charge in [0.05, 0.1) is 39.6 Å². The molecule has 8 atom stereocenters. The van der Waals surface area contributed by atoms with E-state index in [1.54, 1.807) is 24.3 Å². The fraction of sp³-hybridized carbons (Fsp3) is 0.379. The first kappa shape index (κ1) is 53.0. The van der Waals surface area contributed by atoms with Crippen LogP contribution in [0, 0.1) is 13.8 Å². The van der Waals surface area contributed by atoms with Crippen molar-refractivity contribution in [1.29, 1.82) is 0 Å². The highest BCUT2D eigenvalue weighted by Crippen LogP contribution is 2.32. The van der Waals surface area contributed by atoms with E-state index in [-0.39, 0.29) is 26.4 Å². The van der Waals surface area contributed by atoms with Gasteiger partial charge in [0.2, 0.25) is 0 Å². The lowest BCUT2D eigenvalue weighted by Gasteiger charge is -2.16. The van der Waals surface area contributed by atoms with E-state index in [0.29, 0.717) is 13.2 Å². The molecule has 4 aromatic carbocycles. The number of hydrogen-bond donors (Lipinski definition) is 0. The highest BCUT2D eigenvalue weighted by molar-refractivity contribution is 5.89. The molecule has 0 bridgehead atoms. The van der Waals surface area contributed by atoms with Crippen LogP contribution in [0.3, 0.4) is 0 Å². The molecule has 0 aromatic heterocycles. The molecule has 4 fully saturated rings.